The van der Waals surface area contributed by atoms with E-state index in [1.54, 1.807) is 35.8 Å². The number of benzene rings is 2. The second-order valence-electron chi connectivity index (χ2n) is 5.59. The number of rotatable bonds is 4. The van der Waals surface area contributed by atoms with Crippen LogP contribution in [0.1, 0.15) is 15.9 Å². The van der Waals surface area contributed by atoms with Crippen molar-refractivity contribution in [2.45, 2.75) is 11.4 Å². The molecule has 1 N–H and O–H groups in total. The highest BCUT2D eigenvalue weighted by atomic mass is 32.2. The molecule has 2 aromatic carbocycles. The Balaban J connectivity index is 1.85. The number of nitrogens with one attached hydrogen (secondary N) is 1. The minimum absolute atomic E-state index is 0.164. The van der Waals surface area contributed by atoms with E-state index in [0.717, 1.165) is 11.1 Å². The van der Waals surface area contributed by atoms with E-state index in [1.165, 1.54) is 11.1 Å². The van der Waals surface area contributed by atoms with Crippen LogP contribution in [-0.2, 0) is 6.54 Å². The van der Waals surface area contributed by atoms with Gasteiger partial charge in [-0.15, -0.1) is 11.8 Å². The van der Waals surface area contributed by atoms with Crippen molar-refractivity contribution in [2.75, 3.05) is 13.3 Å². The Morgan fingerprint density at radius 2 is 1.83 bits per heavy atom. The molecule has 3 rings (SSSR count). The summed E-state index contributed by atoms with van der Waals surface area (Å²) in [5.74, 6) is -0.282. The van der Waals surface area contributed by atoms with Gasteiger partial charge in [-0.1, -0.05) is 24.3 Å². The SMILES string of the molecule is CSc1ccc(CN(C)C(=O)c2c[nH]c3ccccc3c2=O)cc1. The Hall–Kier alpha value is -2.53. The van der Waals surface area contributed by atoms with Crippen molar-refractivity contribution in [3.63, 3.8) is 0 Å². The van der Waals surface area contributed by atoms with Crippen molar-refractivity contribution in [1.82, 2.24) is 9.88 Å². The van der Waals surface area contributed by atoms with Gasteiger partial charge in [0.25, 0.3) is 5.91 Å². The van der Waals surface area contributed by atoms with E-state index in [0.29, 0.717) is 11.9 Å². The fraction of sp³-hybridized carbons (Fsp3) is 0.158. The lowest BCUT2D eigenvalue weighted by molar-refractivity contribution is 0.0783. The number of carbonyl (C=O) groups is 1. The number of pyridine rings is 1. The molecule has 0 unspecified atom stereocenters. The molecule has 0 aliphatic rings. The first-order chi connectivity index (χ1) is 11.6. The Bertz CT molecular complexity index is 932. The van der Waals surface area contributed by atoms with Crippen LogP contribution in [0.3, 0.4) is 0 Å². The third-order valence-corrected chi connectivity index (χ3v) is 4.69. The number of aromatic nitrogens is 1. The Morgan fingerprint density at radius 3 is 2.54 bits per heavy atom. The lowest BCUT2D eigenvalue weighted by Gasteiger charge is -2.17. The third kappa shape index (κ3) is 3.21. The summed E-state index contributed by atoms with van der Waals surface area (Å²) in [4.78, 5) is 30.9. The smallest absolute Gasteiger partial charge is 0.259 e. The number of aromatic amines is 1. The summed E-state index contributed by atoms with van der Waals surface area (Å²) in [5.41, 5.74) is 1.69. The van der Waals surface area contributed by atoms with E-state index in [9.17, 15) is 9.59 Å². The van der Waals surface area contributed by atoms with Gasteiger partial charge in [-0.25, -0.2) is 0 Å². The van der Waals surface area contributed by atoms with Gasteiger partial charge in [-0.3, -0.25) is 9.59 Å². The fourth-order valence-corrected chi connectivity index (χ4v) is 3.02. The normalized spacial score (nSPS) is 10.8. The zero-order valence-corrected chi connectivity index (χ0v) is 14.4. The molecule has 5 heteroatoms. The summed E-state index contributed by atoms with van der Waals surface area (Å²) in [6, 6.07) is 15.3. The van der Waals surface area contributed by atoms with Gasteiger partial charge in [0.2, 0.25) is 5.43 Å². The molecule has 3 aromatic rings. The molecule has 4 nitrogen and oxygen atoms in total. The molecule has 1 heterocycles. The van der Waals surface area contributed by atoms with Gasteiger partial charge < -0.3 is 9.88 Å². The van der Waals surface area contributed by atoms with Crippen molar-refractivity contribution in [1.29, 1.82) is 0 Å². The third-order valence-electron chi connectivity index (χ3n) is 3.94. The molecule has 0 bridgehead atoms. The summed E-state index contributed by atoms with van der Waals surface area (Å²) < 4.78 is 0. The minimum Gasteiger partial charge on any atom is -0.360 e. The number of hydrogen-bond acceptors (Lipinski definition) is 3. The first kappa shape index (κ1) is 16.3. The molecule has 1 aromatic heterocycles. The van der Waals surface area contributed by atoms with Gasteiger partial charge in [-0.2, -0.15) is 0 Å². The molecular formula is C19H18N2O2S. The number of H-pyrrole nitrogens is 1. The van der Waals surface area contributed by atoms with Crippen molar-refractivity contribution in [2.24, 2.45) is 0 Å². The number of carbonyl (C=O) groups excluding carboxylic acids is 1. The second-order valence-corrected chi connectivity index (χ2v) is 6.47. The van der Waals surface area contributed by atoms with E-state index in [2.05, 4.69) is 4.98 Å². The van der Waals surface area contributed by atoms with Crippen LogP contribution in [0.4, 0.5) is 0 Å². The highest BCUT2D eigenvalue weighted by Crippen LogP contribution is 2.16. The highest BCUT2D eigenvalue weighted by Gasteiger charge is 2.17. The molecule has 0 spiro atoms. The maximum absolute atomic E-state index is 12.6. The molecule has 0 saturated heterocycles. The molecule has 24 heavy (non-hydrogen) atoms. The standard InChI is InChI=1S/C19H18N2O2S/c1-21(12-13-7-9-14(24-2)10-8-13)19(23)16-11-20-17-6-4-3-5-15(17)18(16)22/h3-11H,12H2,1-2H3,(H,20,22). The quantitative estimate of drug-likeness (QED) is 0.741. The summed E-state index contributed by atoms with van der Waals surface area (Å²) in [7, 11) is 1.71. The van der Waals surface area contributed by atoms with Gasteiger partial charge in [0, 0.05) is 35.6 Å². The topological polar surface area (TPSA) is 53.2 Å². The number of fused-ring (bicyclic) bond motifs is 1. The average molecular weight is 338 g/mol. The fourth-order valence-electron chi connectivity index (χ4n) is 2.61. The highest BCUT2D eigenvalue weighted by molar-refractivity contribution is 7.98. The largest absolute Gasteiger partial charge is 0.360 e. The van der Waals surface area contributed by atoms with Gasteiger partial charge in [0.15, 0.2) is 0 Å². The van der Waals surface area contributed by atoms with E-state index in [1.807, 2.05) is 42.7 Å². The van der Waals surface area contributed by atoms with Gasteiger partial charge >= 0.3 is 0 Å². The monoisotopic (exact) mass is 338 g/mol. The van der Waals surface area contributed by atoms with Gasteiger partial charge in [0.05, 0.1) is 0 Å². The predicted octanol–water partition coefficient (Wildman–Crippen LogP) is 3.52. The van der Waals surface area contributed by atoms with Crippen molar-refractivity contribution in [3.05, 3.63) is 76.1 Å². The first-order valence-electron chi connectivity index (χ1n) is 7.59. The Labute approximate surface area is 144 Å². The van der Waals surface area contributed by atoms with Crippen LogP contribution in [0, 0.1) is 0 Å². The molecule has 122 valence electrons. The van der Waals surface area contributed by atoms with Crippen molar-refractivity contribution >= 4 is 28.6 Å². The van der Waals surface area contributed by atoms with E-state index < -0.39 is 0 Å². The van der Waals surface area contributed by atoms with E-state index >= 15 is 0 Å². The van der Waals surface area contributed by atoms with Crippen molar-refractivity contribution in [3.8, 4) is 0 Å². The molecule has 0 radical (unpaired) electrons. The van der Waals surface area contributed by atoms with Crippen molar-refractivity contribution < 1.29 is 4.79 Å². The zero-order chi connectivity index (χ0) is 17.1. The molecule has 0 fully saturated rings. The molecule has 0 atom stereocenters. The summed E-state index contributed by atoms with van der Waals surface area (Å²) >= 11 is 1.68. The van der Waals surface area contributed by atoms with E-state index in [-0.39, 0.29) is 16.9 Å². The number of para-hydroxylation sites is 1. The second kappa shape index (κ2) is 6.93. The Kier molecular flexibility index (Phi) is 4.71. The van der Waals surface area contributed by atoms with Crippen LogP contribution in [0.2, 0.25) is 0 Å². The van der Waals surface area contributed by atoms with E-state index in [4.69, 9.17) is 0 Å². The van der Waals surface area contributed by atoms with Gasteiger partial charge in [0.1, 0.15) is 5.56 Å². The lowest BCUT2D eigenvalue weighted by Crippen LogP contribution is -2.30. The lowest BCUT2D eigenvalue weighted by atomic mass is 10.1. The maximum atomic E-state index is 12.6. The van der Waals surface area contributed by atoms with Crippen LogP contribution in [-0.4, -0.2) is 29.1 Å². The molecular weight excluding hydrogens is 320 g/mol. The minimum atomic E-state index is -0.282. The van der Waals surface area contributed by atoms with Crippen LogP contribution in [0.15, 0.2) is 64.4 Å². The Morgan fingerprint density at radius 1 is 1.12 bits per heavy atom. The molecule has 0 saturated carbocycles. The average Bonchev–Trinajstić information content (AvgIpc) is 2.62. The van der Waals surface area contributed by atoms with Crippen LogP contribution in [0.25, 0.3) is 10.9 Å². The predicted molar refractivity (Wildman–Crippen MR) is 98.6 cm³/mol. The summed E-state index contributed by atoms with van der Waals surface area (Å²) in [6.07, 6.45) is 3.52. The van der Waals surface area contributed by atoms with Crippen LogP contribution >= 0.6 is 11.8 Å². The maximum Gasteiger partial charge on any atom is 0.259 e. The summed E-state index contributed by atoms with van der Waals surface area (Å²) in [6.45, 7) is 0.458. The molecule has 0 aliphatic heterocycles. The van der Waals surface area contributed by atoms with Gasteiger partial charge in [-0.05, 0) is 36.1 Å². The zero-order valence-electron chi connectivity index (χ0n) is 13.6. The van der Waals surface area contributed by atoms with Crippen LogP contribution in [0.5, 0.6) is 0 Å². The molecule has 1 amide bonds. The molecule has 0 aliphatic carbocycles. The number of thioether (sulfide) groups is 1. The van der Waals surface area contributed by atoms with Crippen LogP contribution < -0.4 is 5.43 Å². The first-order valence-corrected chi connectivity index (χ1v) is 8.81. The summed E-state index contributed by atoms with van der Waals surface area (Å²) in [5, 5.41) is 0.529. The number of nitrogens with zero attached hydrogens (tertiary/aromatic N) is 1. The number of amides is 1. The number of hydrogen-bond donors (Lipinski definition) is 1.